The van der Waals surface area contributed by atoms with Crippen molar-refractivity contribution in [2.45, 2.75) is 38.1 Å². The topological polar surface area (TPSA) is 75.4 Å². The number of carbonyl (C=O) groups excluding carboxylic acids is 1. The van der Waals surface area contributed by atoms with Gasteiger partial charge in [0.25, 0.3) is 0 Å². The number of carboxylic acid groups (broad SMARTS) is 1. The molecule has 6 heteroatoms. The van der Waals surface area contributed by atoms with Gasteiger partial charge in [-0.3, -0.25) is 14.3 Å². The molecule has 4 rings (SSSR count). The molecular formula is C20H23N3O3. The average Bonchev–Trinajstić information content (AvgIpc) is 3.27. The van der Waals surface area contributed by atoms with Gasteiger partial charge >= 0.3 is 5.97 Å². The summed E-state index contributed by atoms with van der Waals surface area (Å²) in [5, 5.41) is 13.2. The van der Waals surface area contributed by atoms with Gasteiger partial charge in [-0.05, 0) is 42.9 Å². The molecule has 1 saturated heterocycles. The lowest BCUT2D eigenvalue weighted by atomic mass is 9.93. The standard InChI is InChI=1S/C20H23N3O3/c24-19(25)13-23-18(7-8-21-23)16-6-3-9-22(12-16)20(26)17-10-14-4-1-2-5-15(14)11-17/h1-2,4-5,7-8,16-17H,3,6,9-13H2,(H,24,25). The van der Waals surface area contributed by atoms with E-state index in [-0.39, 0.29) is 24.3 Å². The lowest BCUT2D eigenvalue weighted by molar-refractivity contribution is -0.138. The number of nitrogens with zero attached hydrogens (tertiary/aromatic N) is 3. The highest BCUT2D eigenvalue weighted by Crippen LogP contribution is 2.31. The molecule has 0 radical (unpaired) electrons. The third-order valence-corrected chi connectivity index (χ3v) is 5.59. The predicted octanol–water partition coefficient (Wildman–Crippen LogP) is 2.09. The normalized spacial score (nSPS) is 20.2. The van der Waals surface area contributed by atoms with Crippen molar-refractivity contribution in [3.63, 3.8) is 0 Å². The minimum absolute atomic E-state index is 0.0371. The van der Waals surface area contributed by atoms with E-state index in [0.717, 1.165) is 37.9 Å². The summed E-state index contributed by atoms with van der Waals surface area (Å²) in [4.78, 5) is 26.1. The fraction of sp³-hybridized carbons (Fsp3) is 0.450. The number of benzene rings is 1. The molecule has 1 unspecified atom stereocenters. The van der Waals surface area contributed by atoms with E-state index < -0.39 is 5.97 Å². The number of carbonyl (C=O) groups is 2. The first-order valence-corrected chi connectivity index (χ1v) is 9.21. The molecule has 0 saturated carbocycles. The molecule has 26 heavy (non-hydrogen) atoms. The van der Waals surface area contributed by atoms with Crippen LogP contribution in [-0.2, 0) is 29.0 Å². The highest BCUT2D eigenvalue weighted by Gasteiger charge is 2.33. The monoisotopic (exact) mass is 353 g/mol. The Hall–Kier alpha value is -2.63. The van der Waals surface area contributed by atoms with Gasteiger partial charge in [-0.1, -0.05) is 24.3 Å². The lowest BCUT2D eigenvalue weighted by Gasteiger charge is -2.34. The average molecular weight is 353 g/mol. The van der Waals surface area contributed by atoms with Gasteiger partial charge in [0, 0.05) is 36.8 Å². The molecular weight excluding hydrogens is 330 g/mol. The van der Waals surface area contributed by atoms with Crippen molar-refractivity contribution >= 4 is 11.9 Å². The molecule has 1 aromatic carbocycles. The zero-order valence-electron chi connectivity index (χ0n) is 14.7. The molecule has 2 heterocycles. The number of piperidine rings is 1. The van der Waals surface area contributed by atoms with Crippen molar-refractivity contribution in [2.75, 3.05) is 13.1 Å². The Labute approximate surface area is 152 Å². The van der Waals surface area contributed by atoms with E-state index in [2.05, 4.69) is 17.2 Å². The molecule has 2 aliphatic rings. The molecule has 0 spiro atoms. The zero-order chi connectivity index (χ0) is 18.1. The molecule has 2 aromatic rings. The third kappa shape index (κ3) is 3.23. The van der Waals surface area contributed by atoms with E-state index in [1.54, 1.807) is 10.9 Å². The Balaban J connectivity index is 1.45. The quantitative estimate of drug-likeness (QED) is 0.913. The number of fused-ring (bicyclic) bond motifs is 1. The molecule has 0 bridgehead atoms. The number of carboxylic acids is 1. The number of rotatable bonds is 4. The van der Waals surface area contributed by atoms with Crippen LogP contribution in [0.25, 0.3) is 0 Å². The van der Waals surface area contributed by atoms with E-state index in [1.165, 1.54) is 11.1 Å². The zero-order valence-corrected chi connectivity index (χ0v) is 14.7. The van der Waals surface area contributed by atoms with Crippen LogP contribution in [0, 0.1) is 5.92 Å². The Morgan fingerprint density at radius 3 is 2.58 bits per heavy atom. The van der Waals surface area contributed by atoms with E-state index in [1.807, 2.05) is 23.1 Å². The number of aromatic nitrogens is 2. The molecule has 1 aliphatic carbocycles. The molecule has 1 aromatic heterocycles. The summed E-state index contributed by atoms with van der Waals surface area (Å²) in [6.07, 6.45) is 5.20. The Morgan fingerprint density at radius 2 is 1.88 bits per heavy atom. The summed E-state index contributed by atoms with van der Waals surface area (Å²) < 4.78 is 1.55. The smallest absolute Gasteiger partial charge is 0.325 e. The maximum absolute atomic E-state index is 13.1. The van der Waals surface area contributed by atoms with E-state index in [4.69, 9.17) is 5.11 Å². The predicted molar refractivity (Wildman–Crippen MR) is 95.8 cm³/mol. The van der Waals surface area contributed by atoms with Crippen molar-refractivity contribution < 1.29 is 14.7 Å². The summed E-state index contributed by atoms with van der Waals surface area (Å²) in [7, 11) is 0. The van der Waals surface area contributed by atoms with Crippen LogP contribution in [0.15, 0.2) is 36.5 Å². The molecule has 1 N–H and O–H groups in total. The minimum atomic E-state index is -0.901. The summed E-state index contributed by atoms with van der Waals surface area (Å²) in [5.41, 5.74) is 3.50. The molecule has 1 amide bonds. The van der Waals surface area contributed by atoms with Gasteiger partial charge < -0.3 is 10.0 Å². The molecule has 136 valence electrons. The summed E-state index contributed by atoms with van der Waals surface area (Å²) in [6, 6.07) is 10.2. The Morgan fingerprint density at radius 1 is 1.15 bits per heavy atom. The number of hydrogen-bond donors (Lipinski definition) is 1. The van der Waals surface area contributed by atoms with Gasteiger partial charge in [-0.2, -0.15) is 5.10 Å². The summed E-state index contributed by atoms with van der Waals surface area (Å²) in [6.45, 7) is 1.30. The third-order valence-electron chi connectivity index (χ3n) is 5.59. The van der Waals surface area contributed by atoms with Crippen molar-refractivity contribution in [1.29, 1.82) is 0 Å². The molecule has 1 aliphatic heterocycles. The highest BCUT2D eigenvalue weighted by molar-refractivity contribution is 5.80. The van der Waals surface area contributed by atoms with Crippen LogP contribution in [0.3, 0.4) is 0 Å². The second-order valence-electron chi connectivity index (χ2n) is 7.30. The van der Waals surface area contributed by atoms with Gasteiger partial charge in [0.15, 0.2) is 0 Å². The van der Waals surface area contributed by atoms with Crippen LogP contribution in [0.2, 0.25) is 0 Å². The summed E-state index contributed by atoms with van der Waals surface area (Å²) >= 11 is 0. The number of hydrogen-bond acceptors (Lipinski definition) is 3. The Kier molecular flexibility index (Phi) is 4.49. The lowest BCUT2D eigenvalue weighted by Crippen LogP contribution is -2.43. The van der Waals surface area contributed by atoms with Crippen LogP contribution in [0.5, 0.6) is 0 Å². The SMILES string of the molecule is O=C(O)Cn1nccc1C1CCCN(C(=O)C2Cc3ccccc3C2)C1. The minimum Gasteiger partial charge on any atom is -0.480 e. The second-order valence-corrected chi connectivity index (χ2v) is 7.30. The first kappa shape index (κ1) is 16.8. The van der Waals surface area contributed by atoms with Crippen molar-refractivity contribution in [1.82, 2.24) is 14.7 Å². The van der Waals surface area contributed by atoms with Gasteiger partial charge in [0.1, 0.15) is 6.54 Å². The fourth-order valence-corrected chi connectivity index (χ4v) is 4.36. The van der Waals surface area contributed by atoms with Crippen LogP contribution in [0.4, 0.5) is 0 Å². The fourth-order valence-electron chi connectivity index (χ4n) is 4.36. The van der Waals surface area contributed by atoms with Crippen LogP contribution < -0.4 is 0 Å². The van der Waals surface area contributed by atoms with Crippen molar-refractivity contribution in [2.24, 2.45) is 5.92 Å². The van der Waals surface area contributed by atoms with E-state index >= 15 is 0 Å². The second kappa shape index (κ2) is 6.94. The maximum Gasteiger partial charge on any atom is 0.325 e. The van der Waals surface area contributed by atoms with E-state index in [0.29, 0.717) is 6.54 Å². The van der Waals surface area contributed by atoms with Crippen molar-refractivity contribution in [3.8, 4) is 0 Å². The van der Waals surface area contributed by atoms with Crippen molar-refractivity contribution in [3.05, 3.63) is 53.3 Å². The summed E-state index contributed by atoms with van der Waals surface area (Å²) in [5.74, 6) is -0.481. The van der Waals surface area contributed by atoms with E-state index in [9.17, 15) is 9.59 Å². The van der Waals surface area contributed by atoms with Gasteiger partial charge in [-0.15, -0.1) is 0 Å². The van der Waals surface area contributed by atoms with Crippen LogP contribution >= 0.6 is 0 Å². The van der Waals surface area contributed by atoms with Gasteiger partial charge in [-0.25, -0.2) is 0 Å². The molecule has 1 fully saturated rings. The van der Waals surface area contributed by atoms with Crippen LogP contribution in [0.1, 0.15) is 35.6 Å². The van der Waals surface area contributed by atoms with Gasteiger partial charge in [0.05, 0.1) is 0 Å². The number of amides is 1. The Bertz CT molecular complexity index is 804. The van der Waals surface area contributed by atoms with Gasteiger partial charge in [0.2, 0.25) is 5.91 Å². The molecule has 6 nitrogen and oxygen atoms in total. The largest absolute Gasteiger partial charge is 0.480 e. The number of likely N-dealkylation sites (tertiary alicyclic amines) is 1. The van der Waals surface area contributed by atoms with Crippen LogP contribution in [-0.4, -0.2) is 44.8 Å². The number of aliphatic carboxylic acids is 1. The molecule has 1 atom stereocenters. The first-order valence-electron chi connectivity index (χ1n) is 9.21. The highest BCUT2D eigenvalue weighted by atomic mass is 16.4. The first-order chi connectivity index (χ1) is 12.6. The maximum atomic E-state index is 13.1.